The molecule has 1 aromatic heterocycles. The van der Waals surface area contributed by atoms with Gasteiger partial charge in [0.1, 0.15) is 5.76 Å². The first kappa shape index (κ1) is 29.5. The number of rotatable bonds is 5. The summed E-state index contributed by atoms with van der Waals surface area (Å²) in [7, 11) is 0. The zero-order valence-corrected chi connectivity index (χ0v) is 25.2. The van der Waals surface area contributed by atoms with Crippen LogP contribution in [-0.4, -0.2) is 20.9 Å². The Labute approximate surface area is 253 Å². The maximum Gasteiger partial charge on any atom is 0.189 e. The first-order chi connectivity index (χ1) is 19.5. The van der Waals surface area contributed by atoms with E-state index < -0.39 is 0 Å². The molecule has 0 fully saturated rings. The normalized spacial score (nSPS) is 11.0. The number of nitrogens with zero attached hydrogens (tertiary/aromatic N) is 2. The predicted octanol–water partition coefficient (Wildman–Crippen LogP) is 8.84. The van der Waals surface area contributed by atoms with Gasteiger partial charge in [0.25, 0.3) is 0 Å². The average molecular weight is 714 g/mol. The summed E-state index contributed by atoms with van der Waals surface area (Å²) < 4.78 is 0. The summed E-state index contributed by atoms with van der Waals surface area (Å²) in [6.07, 6.45) is 3.14. The van der Waals surface area contributed by atoms with E-state index in [1.54, 1.807) is 36.4 Å². The van der Waals surface area contributed by atoms with Crippen molar-refractivity contribution in [1.29, 1.82) is 0 Å². The third kappa shape index (κ3) is 7.20. The molecule has 205 valence electrons. The van der Waals surface area contributed by atoms with Crippen LogP contribution in [0.1, 0.15) is 41.3 Å². The fraction of sp³-hybridized carbons (Fsp3) is 0.0833. The molecular weight excluding hydrogens is 685 g/mol. The van der Waals surface area contributed by atoms with Crippen LogP contribution in [0, 0.1) is 6.07 Å². The van der Waals surface area contributed by atoms with E-state index in [-0.39, 0.29) is 31.6 Å². The molecule has 4 nitrogen and oxygen atoms in total. The number of carbonyl (C=O) groups excluding carboxylic acids is 1. The summed E-state index contributed by atoms with van der Waals surface area (Å²) in [5, 5.41) is 13.2. The summed E-state index contributed by atoms with van der Waals surface area (Å²) >= 11 is 0. The van der Waals surface area contributed by atoms with Crippen molar-refractivity contribution >= 4 is 33.2 Å². The third-order valence-corrected chi connectivity index (χ3v) is 6.60. The van der Waals surface area contributed by atoms with Gasteiger partial charge in [-0.25, -0.2) is 0 Å². The van der Waals surface area contributed by atoms with Crippen LogP contribution < -0.4 is 0 Å². The van der Waals surface area contributed by atoms with Crippen molar-refractivity contribution in [3.63, 3.8) is 0 Å². The molecular formula is C36H29IrN2O2-. The summed E-state index contributed by atoms with van der Waals surface area (Å²) in [6, 6.07) is 39.8. The van der Waals surface area contributed by atoms with Gasteiger partial charge in [-0.2, -0.15) is 0 Å². The molecule has 0 bridgehead atoms. The smallest absolute Gasteiger partial charge is 0.189 e. The predicted molar refractivity (Wildman–Crippen MR) is 163 cm³/mol. The second-order valence-electron chi connectivity index (χ2n) is 9.73. The van der Waals surface area contributed by atoms with Crippen molar-refractivity contribution in [2.45, 2.75) is 19.8 Å². The minimum atomic E-state index is -0.202. The maximum absolute atomic E-state index is 11.8. The first-order valence-corrected chi connectivity index (χ1v) is 13.2. The molecule has 0 spiro atoms. The Morgan fingerprint density at radius 2 is 1.44 bits per heavy atom. The molecule has 0 aliphatic carbocycles. The van der Waals surface area contributed by atoms with Crippen molar-refractivity contribution < 1.29 is 30.0 Å². The van der Waals surface area contributed by atoms with Gasteiger partial charge in [0.15, 0.2) is 5.78 Å². The zero-order chi connectivity index (χ0) is 27.9. The number of ketones is 1. The molecule has 5 aromatic carbocycles. The van der Waals surface area contributed by atoms with Crippen molar-refractivity contribution in [2.75, 3.05) is 0 Å². The molecule has 41 heavy (non-hydrogen) atoms. The van der Waals surface area contributed by atoms with Crippen molar-refractivity contribution in [2.24, 2.45) is 0 Å². The quantitative estimate of drug-likeness (QED) is 0.0638. The summed E-state index contributed by atoms with van der Waals surface area (Å²) in [4.78, 5) is 21.2. The SMILES string of the molecule is CC(C)c1cc[c-]c(-c2ncc3ccc4ccccc4c3n2)c1.O=C(/C=C(\O)c1ccccc1)c1ccccc1.[Ir]. The molecule has 0 aliphatic rings. The van der Waals surface area contributed by atoms with Crippen LogP contribution in [0.15, 0.2) is 128 Å². The number of aromatic nitrogens is 2. The number of hydrogen-bond acceptors (Lipinski definition) is 4. The van der Waals surface area contributed by atoms with Crippen LogP contribution in [-0.2, 0) is 20.1 Å². The van der Waals surface area contributed by atoms with Crippen molar-refractivity contribution in [1.82, 2.24) is 9.97 Å². The van der Waals surface area contributed by atoms with Gasteiger partial charge in [0.05, 0.1) is 11.3 Å². The van der Waals surface area contributed by atoms with Crippen molar-refractivity contribution in [3.05, 3.63) is 150 Å². The molecule has 0 amide bonds. The fourth-order valence-corrected chi connectivity index (χ4v) is 4.37. The molecule has 0 aliphatic heterocycles. The summed E-state index contributed by atoms with van der Waals surface area (Å²) in [6.45, 7) is 4.38. The van der Waals surface area contributed by atoms with Gasteiger partial charge in [0.2, 0.25) is 0 Å². The summed E-state index contributed by atoms with van der Waals surface area (Å²) in [5.41, 5.74) is 4.43. The number of aliphatic hydroxyl groups is 1. The largest absolute Gasteiger partial charge is 0.507 e. The Kier molecular flexibility index (Phi) is 9.91. The van der Waals surface area contributed by atoms with E-state index in [0.29, 0.717) is 17.0 Å². The molecule has 6 aromatic rings. The minimum Gasteiger partial charge on any atom is -0.507 e. The topological polar surface area (TPSA) is 63.1 Å². The molecule has 0 atom stereocenters. The fourth-order valence-electron chi connectivity index (χ4n) is 4.37. The molecule has 1 N–H and O–H groups in total. The Morgan fingerprint density at radius 3 is 2.15 bits per heavy atom. The Hall–Kier alpha value is -4.44. The zero-order valence-electron chi connectivity index (χ0n) is 22.8. The van der Waals surface area contributed by atoms with E-state index in [1.807, 2.05) is 36.5 Å². The molecule has 5 heteroatoms. The average Bonchev–Trinajstić information content (AvgIpc) is 3.02. The molecule has 0 saturated heterocycles. The standard InChI is InChI=1S/C21H17N2.C15H12O2.Ir/c1-14(2)16-7-5-8-17(12-16)21-22-13-18-11-10-15-6-3-4-9-19(15)20(18)23-21;16-14(12-7-3-1-4-8-12)11-15(17)13-9-5-2-6-10-13;/h3-7,9-14H,1-2H3;1-11,16H;/q-1;;/b;14-11-;. The van der Waals surface area contributed by atoms with E-state index in [2.05, 4.69) is 73.4 Å². The van der Waals surface area contributed by atoms with E-state index >= 15 is 0 Å². The summed E-state index contributed by atoms with van der Waals surface area (Å²) in [5.74, 6) is 0.993. The van der Waals surface area contributed by atoms with Gasteiger partial charge in [-0.15, -0.1) is 35.4 Å². The number of aliphatic hydroxyl groups excluding tert-OH is 1. The second-order valence-corrected chi connectivity index (χ2v) is 9.73. The number of hydrogen-bond donors (Lipinski definition) is 1. The molecule has 1 heterocycles. The van der Waals surface area contributed by atoms with Gasteiger partial charge in [-0.3, -0.25) is 14.8 Å². The van der Waals surface area contributed by atoms with Gasteiger partial charge < -0.3 is 5.11 Å². The minimum absolute atomic E-state index is 0. The maximum atomic E-state index is 11.8. The van der Waals surface area contributed by atoms with Crippen LogP contribution in [0.25, 0.3) is 38.8 Å². The van der Waals surface area contributed by atoms with E-state index in [4.69, 9.17) is 4.98 Å². The van der Waals surface area contributed by atoms with Crippen LogP contribution in [0.4, 0.5) is 0 Å². The van der Waals surface area contributed by atoms with Gasteiger partial charge in [0, 0.05) is 54.3 Å². The van der Waals surface area contributed by atoms with Gasteiger partial charge in [-0.1, -0.05) is 111 Å². The van der Waals surface area contributed by atoms with Crippen LogP contribution in [0.5, 0.6) is 0 Å². The Balaban J connectivity index is 0.000000193. The Bertz CT molecular complexity index is 1800. The van der Waals surface area contributed by atoms with E-state index in [0.717, 1.165) is 27.7 Å². The third-order valence-electron chi connectivity index (χ3n) is 6.60. The van der Waals surface area contributed by atoms with Crippen LogP contribution >= 0.6 is 0 Å². The van der Waals surface area contributed by atoms with E-state index in [9.17, 15) is 9.90 Å². The van der Waals surface area contributed by atoms with Crippen LogP contribution in [0.3, 0.4) is 0 Å². The first-order valence-electron chi connectivity index (χ1n) is 13.2. The molecule has 6 rings (SSSR count). The number of carbonyl (C=O) groups is 1. The van der Waals surface area contributed by atoms with Crippen LogP contribution in [0.2, 0.25) is 0 Å². The Morgan fingerprint density at radius 1 is 0.805 bits per heavy atom. The number of fused-ring (bicyclic) bond motifs is 3. The molecule has 0 unspecified atom stereocenters. The molecule has 1 radical (unpaired) electrons. The number of allylic oxidation sites excluding steroid dienone is 1. The number of benzene rings is 5. The van der Waals surface area contributed by atoms with E-state index in [1.165, 1.54) is 17.0 Å². The second kappa shape index (κ2) is 13.8. The monoisotopic (exact) mass is 714 g/mol. The van der Waals surface area contributed by atoms with Crippen molar-refractivity contribution in [3.8, 4) is 11.4 Å². The van der Waals surface area contributed by atoms with Gasteiger partial charge in [-0.05, 0) is 11.3 Å². The van der Waals surface area contributed by atoms with Gasteiger partial charge >= 0.3 is 0 Å². The molecule has 0 saturated carbocycles.